The van der Waals surface area contributed by atoms with E-state index in [2.05, 4.69) is 4.99 Å². The van der Waals surface area contributed by atoms with Crippen molar-refractivity contribution in [1.82, 2.24) is 0 Å². The van der Waals surface area contributed by atoms with Crippen molar-refractivity contribution >= 4 is 17.2 Å². The largest absolute Gasteiger partial charge is 0.293 e. The van der Waals surface area contributed by atoms with Gasteiger partial charge < -0.3 is 0 Å². The maximum Gasteiger partial charge on any atom is 0.173 e. The Hall–Kier alpha value is -1.44. The number of ketones is 1. The van der Waals surface area contributed by atoms with E-state index in [0.29, 0.717) is 5.71 Å². The molecule has 0 saturated carbocycles. The first-order valence-corrected chi connectivity index (χ1v) is 4.65. The van der Waals surface area contributed by atoms with E-state index in [1.54, 1.807) is 6.92 Å². The summed E-state index contributed by atoms with van der Waals surface area (Å²) in [5, 5.41) is 0. The van der Waals surface area contributed by atoms with Gasteiger partial charge in [-0.1, -0.05) is 12.1 Å². The summed E-state index contributed by atoms with van der Waals surface area (Å²) in [6.07, 6.45) is 0. The molecule has 14 heavy (non-hydrogen) atoms. The second kappa shape index (κ2) is 4.18. The van der Waals surface area contributed by atoms with Gasteiger partial charge in [0.25, 0.3) is 0 Å². The fourth-order valence-corrected chi connectivity index (χ4v) is 1.12. The minimum absolute atomic E-state index is 0.0194. The van der Waals surface area contributed by atoms with E-state index in [-0.39, 0.29) is 5.78 Å². The van der Waals surface area contributed by atoms with E-state index in [9.17, 15) is 4.79 Å². The third-order valence-corrected chi connectivity index (χ3v) is 2.37. The number of carbonyl (C=O) groups excluding carboxylic acids is 1. The van der Waals surface area contributed by atoms with Crippen molar-refractivity contribution in [1.29, 1.82) is 0 Å². The highest BCUT2D eigenvalue weighted by Crippen LogP contribution is 2.21. The second-order valence-corrected chi connectivity index (χ2v) is 3.47. The van der Waals surface area contributed by atoms with Crippen LogP contribution in [0.4, 0.5) is 5.69 Å². The average Bonchev–Trinajstić information content (AvgIpc) is 2.12. The number of carbonyl (C=O) groups is 1. The van der Waals surface area contributed by atoms with E-state index in [1.165, 1.54) is 12.5 Å². The minimum atomic E-state index is 0.0194. The van der Waals surface area contributed by atoms with Crippen LogP contribution in [0.15, 0.2) is 23.2 Å². The van der Waals surface area contributed by atoms with Crippen LogP contribution in [0.2, 0.25) is 0 Å². The van der Waals surface area contributed by atoms with Gasteiger partial charge in [0.15, 0.2) is 5.78 Å². The molecule has 0 aliphatic carbocycles. The van der Waals surface area contributed by atoms with Crippen molar-refractivity contribution < 1.29 is 4.79 Å². The molecule has 0 N–H and O–H groups in total. The van der Waals surface area contributed by atoms with Gasteiger partial charge in [-0.3, -0.25) is 4.79 Å². The fourth-order valence-electron chi connectivity index (χ4n) is 1.12. The summed E-state index contributed by atoms with van der Waals surface area (Å²) < 4.78 is 0. The molecule has 0 heterocycles. The van der Waals surface area contributed by atoms with Gasteiger partial charge in [-0.25, -0.2) is 4.99 Å². The molecule has 0 fully saturated rings. The molecule has 1 aromatic rings. The molecule has 0 atom stereocenters. The summed E-state index contributed by atoms with van der Waals surface area (Å²) in [5.41, 5.74) is 3.77. The van der Waals surface area contributed by atoms with Crippen LogP contribution in [0.25, 0.3) is 0 Å². The number of aryl methyl sites for hydroxylation is 1. The molecule has 0 aliphatic heterocycles. The first-order chi connectivity index (χ1) is 6.52. The van der Waals surface area contributed by atoms with Crippen LogP contribution in [-0.2, 0) is 4.79 Å². The van der Waals surface area contributed by atoms with Crippen LogP contribution in [0.1, 0.15) is 25.0 Å². The molecule has 0 bridgehead atoms. The van der Waals surface area contributed by atoms with Crippen molar-refractivity contribution in [2.45, 2.75) is 27.7 Å². The lowest BCUT2D eigenvalue weighted by atomic mass is 10.1. The lowest BCUT2D eigenvalue weighted by Crippen LogP contribution is -2.03. The van der Waals surface area contributed by atoms with Crippen LogP contribution in [0.5, 0.6) is 0 Å². The standard InChI is InChI=1S/C12H15NO/c1-8-6-5-7-12(9(8)2)13-10(3)11(4)14/h5-7H,1-4H3. The van der Waals surface area contributed by atoms with E-state index < -0.39 is 0 Å². The van der Waals surface area contributed by atoms with Crippen LogP contribution in [0, 0.1) is 13.8 Å². The van der Waals surface area contributed by atoms with E-state index in [0.717, 1.165) is 11.3 Å². The molecule has 2 nitrogen and oxygen atoms in total. The van der Waals surface area contributed by atoms with Gasteiger partial charge in [0.05, 0.1) is 11.4 Å². The summed E-state index contributed by atoms with van der Waals surface area (Å²) in [6, 6.07) is 5.92. The van der Waals surface area contributed by atoms with Crippen LogP contribution < -0.4 is 0 Å². The van der Waals surface area contributed by atoms with Crippen LogP contribution in [0.3, 0.4) is 0 Å². The number of benzene rings is 1. The molecule has 2 heteroatoms. The van der Waals surface area contributed by atoms with Gasteiger partial charge in [0, 0.05) is 6.92 Å². The molecule has 0 unspecified atom stereocenters. The predicted octanol–water partition coefficient (Wildman–Crippen LogP) is 2.98. The zero-order valence-electron chi connectivity index (χ0n) is 9.09. The number of hydrogen-bond acceptors (Lipinski definition) is 2. The second-order valence-electron chi connectivity index (χ2n) is 3.47. The third kappa shape index (κ3) is 2.28. The van der Waals surface area contributed by atoms with Crippen LogP contribution >= 0.6 is 0 Å². The molecule has 0 aliphatic rings. The summed E-state index contributed by atoms with van der Waals surface area (Å²) in [6.45, 7) is 7.33. The van der Waals surface area contributed by atoms with Crippen molar-refractivity contribution in [2.75, 3.05) is 0 Å². The number of Topliss-reactive ketones (excluding diaryl/α,β-unsaturated/α-hetero) is 1. The van der Waals surface area contributed by atoms with Crippen molar-refractivity contribution in [3.8, 4) is 0 Å². The molecular weight excluding hydrogens is 174 g/mol. The monoisotopic (exact) mass is 189 g/mol. The minimum Gasteiger partial charge on any atom is -0.293 e. The van der Waals surface area contributed by atoms with Gasteiger partial charge in [-0.05, 0) is 38.0 Å². The molecule has 0 saturated heterocycles. The Morgan fingerprint density at radius 1 is 1.21 bits per heavy atom. The maximum atomic E-state index is 11.0. The van der Waals surface area contributed by atoms with E-state index in [4.69, 9.17) is 0 Å². The van der Waals surface area contributed by atoms with E-state index in [1.807, 2.05) is 32.0 Å². The Balaban J connectivity index is 3.15. The Morgan fingerprint density at radius 3 is 2.43 bits per heavy atom. The molecule has 1 rings (SSSR count). The molecular formula is C12H15NO. The third-order valence-electron chi connectivity index (χ3n) is 2.37. The molecule has 0 aromatic heterocycles. The molecule has 0 radical (unpaired) electrons. The fraction of sp³-hybridized carbons (Fsp3) is 0.333. The van der Waals surface area contributed by atoms with Crippen LogP contribution in [-0.4, -0.2) is 11.5 Å². The quantitative estimate of drug-likeness (QED) is 0.657. The lowest BCUT2D eigenvalue weighted by molar-refractivity contribution is -0.111. The summed E-state index contributed by atoms with van der Waals surface area (Å²) in [5.74, 6) is 0.0194. The maximum absolute atomic E-state index is 11.0. The Morgan fingerprint density at radius 2 is 1.86 bits per heavy atom. The zero-order chi connectivity index (χ0) is 10.7. The van der Waals surface area contributed by atoms with Crippen molar-refractivity contribution in [3.63, 3.8) is 0 Å². The molecule has 74 valence electrons. The number of nitrogens with zero attached hydrogens (tertiary/aromatic N) is 1. The van der Waals surface area contributed by atoms with Crippen molar-refractivity contribution in [3.05, 3.63) is 29.3 Å². The SMILES string of the molecule is CC(=O)C(C)=Nc1cccc(C)c1C. The lowest BCUT2D eigenvalue weighted by Gasteiger charge is -2.04. The highest BCUT2D eigenvalue weighted by molar-refractivity contribution is 6.38. The van der Waals surface area contributed by atoms with Gasteiger partial charge in [0.1, 0.15) is 0 Å². The first kappa shape index (κ1) is 10.6. The van der Waals surface area contributed by atoms with Gasteiger partial charge >= 0.3 is 0 Å². The van der Waals surface area contributed by atoms with Gasteiger partial charge in [-0.2, -0.15) is 0 Å². The highest BCUT2D eigenvalue weighted by Gasteiger charge is 2.02. The highest BCUT2D eigenvalue weighted by atomic mass is 16.1. The predicted molar refractivity (Wildman–Crippen MR) is 59.4 cm³/mol. The van der Waals surface area contributed by atoms with Gasteiger partial charge in [-0.15, -0.1) is 0 Å². The summed E-state index contributed by atoms with van der Waals surface area (Å²) in [7, 11) is 0. The average molecular weight is 189 g/mol. The van der Waals surface area contributed by atoms with Gasteiger partial charge in [0.2, 0.25) is 0 Å². The molecule has 1 aromatic carbocycles. The zero-order valence-corrected chi connectivity index (χ0v) is 9.09. The number of rotatable bonds is 2. The topological polar surface area (TPSA) is 29.4 Å². The summed E-state index contributed by atoms with van der Waals surface area (Å²) in [4.78, 5) is 15.3. The molecule has 0 spiro atoms. The Bertz CT molecular complexity index is 391. The Kier molecular flexibility index (Phi) is 3.18. The Labute approximate surface area is 84.7 Å². The first-order valence-electron chi connectivity index (χ1n) is 4.65. The molecule has 0 amide bonds. The van der Waals surface area contributed by atoms with Crippen molar-refractivity contribution in [2.24, 2.45) is 4.99 Å². The normalized spacial score (nSPS) is 11.6. The number of aliphatic imine (C=N–C) groups is 1. The number of hydrogen-bond donors (Lipinski definition) is 0. The van der Waals surface area contributed by atoms with E-state index >= 15 is 0 Å². The summed E-state index contributed by atoms with van der Waals surface area (Å²) >= 11 is 0. The smallest absolute Gasteiger partial charge is 0.173 e.